The summed E-state index contributed by atoms with van der Waals surface area (Å²) in [5.74, 6) is 0.660. The molecular formula is C29H31ClN4O. The van der Waals surface area contributed by atoms with Crippen molar-refractivity contribution >= 4 is 23.2 Å². The van der Waals surface area contributed by atoms with Gasteiger partial charge in [0.05, 0.1) is 23.8 Å². The lowest BCUT2D eigenvalue weighted by Gasteiger charge is -2.27. The first-order valence-electron chi connectivity index (χ1n) is 11.8. The van der Waals surface area contributed by atoms with E-state index in [0.717, 1.165) is 34.5 Å². The smallest absolute Gasteiger partial charge is 0.258 e. The second-order valence-electron chi connectivity index (χ2n) is 8.96. The SMILES string of the molecule is C=C(c1cccc(CN2C(=C)NC(CCC)(c3ccccc3)C2=O)c1)N(C)Cc1ccc(Cl)cn1. The van der Waals surface area contributed by atoms with E-state index in [1.807, 2.05) is 67.7 Å². The summed E-state index contributed by atoms with van der Waals surface area (Å²) in [7, 11) is 1.99. The highest BCUT2D eigenvalue weighted by atomic mass is 35.5. The maximum Gasteiger partial charge on any atom is 0.258 e. The minimum Gasteiger partial charge on any atom is -0.369 e. The Hall–Kier alpha value is -3.57. The number of hydrogen-bond donors (Lipinski definition) is 1. The molecule has 4 rings (SSSR count). The third kappa shape index (κ3) is 5.10. The molecule has 35 heavy (non-hydrogen) atoms. The molecule has 1 unspecified atom stereocenters. The van der Waals surface area contributed by atoms with E-state index in [0.29, 0.717) is 30.4 Å². The zero-order valence-electron chi connectivity index (χ0n) is 20.3. The van der Waals surface area contributed by atoms with Crippen LogP contribution in [0.2, 0.25) is 5.02 Å². The fraction of sp³-hybridized carbons (Fsp3) is 0.241. The number of amides is 1. The highest BCUT2D eigenvalue weighted by Crippen LogP contribution is 2.37. The summed E-state index contributed by atoms with van der Waals surface area (Å²) in [5, 5.41) is 4.05. The van der Waals surface area contributed by atoms with E-state index in [4.69, 9.17) is 11.6 Å². The Morgan fingerprint density at radius 2 is 1.91 bits per heavy atom. The van der Waals surface area contributed by atoms with Crippen LogP contribution in [-0.2, 0) is 23.4 Å². The number of carbonyl (C=O) groups excluding carboxylic acids is 1. The molecule has 1 fully saturated rings. The van der Waals surface area contributed by atoms with Gasteiger partial charge in [-0.2, -0.15) is 0 Å². The Labute approximate surface area is 212 Å². The van der Waals surface area contributed by atoms with Crippen LogP contribution in [0.1, 0.15) is 42.1 Å². The van der Waals surface area contributed by atoms with Crippen LogP contribution < -0.4 is 5.32 Å². The predicted octanol–water partition coefficient (Wildman–Crippen LogP) is 5.94. The fourth-order valence-electron chi connectivity index (χ4n) is 4.59. The normalized spacial score (nSPS) is 17.4. The standard InChI is InChI=1S/C29H31ClN4O/c1-5-16-29(25-12-7-6-8-13-25)28(35)34(22(3)32-29)19-23-10-9-11-24(17-23)21(2)33(4)20-27-15-14-26(30)18-31-27/h6-15,17-18,32H,2-3,5,16,19-20H2,1,4H3. The van der Waals surface area contributed by atoms with Crippen LogP contribution in [0.15, 0.2) is 91.9 Å². The van der Waals surface area contributed by atoms with Gasteiger partial charge in [-0.05, 0) is 41.3 Å². The van der Waals surface area contributed by atoms with Crippen LogP contribution in [0.3, 0.4) is 0 Å². The van der Waals surface area contributed by atoms with Crippen LogP contribution in [0.4, 0.5) is 0 Å². The number of rotatable bonds is 9. The van der Waals surface area contributed by atoms with Gasteiger partial charge in [0.15, 0.2) is 0 Å². The summed E-state index contributed by atoms with van der Waals surface area (Å²) in [4.78, 5) is 21.9. The lowest BCUT2D eigenvalue weighted by molar-refractivity contribution is -0.132. The van der Waals surface area contributed by atoms with Gasteiger partial charge in [0.2, 0.25) is 0 Å². The van der Waals surface area contributed by atoms with Gasteiger partial charge in [-0.25, -0.2) is 0 Å². The van der Waals surface area contributed by atoms with E-state index in [-0.39, 0.29) is 5.91 Å². The summed E-state index contributed by atoms with van der Waals surface area (Å²) in [6.45, 7) is 11.6. The van der Waals surface area contributed by atoms with Gasteiger partial charge < -0.3 is 10.2 Å². The molecule has 2 aromatic carbocycles. The molecule has 6 heteroatoms. The van der Waals surface area contributed by atoms with Crippen molar-refractivity contribution in [1.82, 2.24) is 20.1 Å². The second-order valence-corrected chi connectivity index (χ2v) is 9.39. The van der Waals surface area contributed by atoms with E-state index in [9.17, 15) is 4.79 Å². The first kappa shape index (κ1) is 24.6. The molecule has 0 radical (unpaired) electrons. The maximum absolute atomic E-state index is 13.7. The lowest BCUT2D eigenvalue weighted by Crippen LogP contribution is -2.43. The molecule has 180 valence electrons. The van der Waals surface area contributed by atoms with Crippen molar-refractivity contribution in [3.63, 3.8) is 0 Å². The van der Waals surface area contributed by atoms with Gasteiger partial charge >= 0.3 is 0 Å². The summed E-state index contributed by atoms with van der Waals surface area (Å²) in [5.41, 5.74) is 3.98. The summed E-state index contributed by atoms with van der Waals surface area (Å²) < 4.78 is 0. The number of carbonyl (C=O) groups is 1. The number of nitrogens with zero attached hydrogens (tertiary/aromatic N) is 3. The third-order valence-corrected chi connectivity index (χ3v) is 6.66. The molecule has 1 amide bonds. The molecule has 1 aromatic heterocycles. The van der Waals surface area contributed by atoms with Gasteiger partial charge in [0.1, 0.15) is 11.4 Å². The largest absolute Gasteiger partial charge is 0.369 e. The quantitative estimate of drug-likeness (QED) is 0.407. The van der Waals surface area contributed by atoms with Crippen molar-refractivity contribution in [3.8, 4) is 0 Å². The first-order valence-corrected chi connectivity index (χ1v) is 12.2. The molecule has 3 aromatic rings. The van der Waals surface area contributed by atoms with E-state index < -0.39 is 5.54 Å². The van der Waals surface area contributed by atoms with E-state index >= 15 is 0 Å². The highest BCUT2D eigenvalue weighted by molar-refractivity contribution is 6.30. The Morgan fingerprint density at radius 1 is 1.14 bits per heavy atom. The van der Waals surface area contributed by atoms with Crippen molar-refractivity contribution in [2.24, 2.45) is 0 Å². The molecule has 1 saturated heterocycles. The Balaban J connectivity index is 1.52. The Bertz CT molecular complexity index is 1220. The summed E-state index contributed by atoms with van der Waals surface area (Å²) >= 11 is 5.95. The van der Waals surface area contributed by atoms with Crippen LogP contribution >= 0.6 is 11.6 Å². The highest BCUT2D eigenvalue weighted by Gasteiger charge is 2.48. The van der Waals surface area contributed by atoms with E-state index in [1.54, 1.807) is 11.1 Å². The number of halogens is 1. The van der Waals surface area contributed by atoms with E-state index in [1.165, 1.54) is 0 Å². The maximum atomic E-state index is 13.7. The van der Waals surface area contributed by atoms with Crippen molar-refractivity contribution in [1.29, 1.82) is 0 Å². The molecule has 0 saturated carbocycles. The van der Waals surface area contributed by atoms with Crippen molar-refractivity contribution in [3.05, 3.63) is 119 Å². The van der Waals surface area contributed by atoms with Gasteiger partial charge in [0, 0.05) is 18.9 Å². The number of pyridine rings is 1. The Morgan fingerprint density at radius 3 is 2.60 bits per heavy atom. The van der Waals surface area contributed by atoms with Crippen molar-refractivity contribution in [2.75, 3.05) is 7.05 Å². The minimum atomic E-state index is -0.778. The predicted molar refractivity (Wildman–Crippen MR) is 142 cm³/mol. The molecule has 0 aliphatic carbocycles. The zero-order chi connectivity index (χ0) is 25.0. The van der Waals surface area contributed by atoms with Gasteiger partial charge in [-0.3, -0.25) is 14.7 Å². The topological polar surface area (TPSA) is 48.5 Å². The molecule has 1 N–H and O–H groups in total. The van der Waals surface area contributed by atoms with Crippen LogP contribution in [0, 0.1) is 0 Å². The van der Waals surface area contributed by atoms with Crippen molar-refractivity contribution < 1.29 is 4.79 Å². The van der Waals surface area contributed by atoms with Gasteiger partial charge in [-0.1, -0.05) is 86.6 Å². The zero-order valence-corrected chi connectivity index (χ0v) is 21.1. The third-order valence-electron chi connectivity index (χ3n) is 6.43. The number of nitrogens with one attached hydrogen (secondary N) is 1. The lowest BCUT2D eigenvalue weighted by atomic mass is 9.85. The van der Waals surface area contributed by atoms with Crippen LogP contribution in [0.5, 0.6) is 0 Å². The van der Waals surface area contributed by atoms with Crippen LogP contribution in [0.25, 0.3) is 5.70 Å². The molecule has 1 atom stereocenters. The summed E-state index contributed by atoms with van der Waals surface area (Å²) in [6.07, 6.45) is 3.22. The van der Waals surface area contributed by atoms with Gasteiger partial charge in [-0.15, -0.1) is 0 Å². The monoisotopic (exact) mass is 486 g/mol. The summed E-state index contributed by atoms with van der Waals surface area (Å²) in [6, 6.07) is 21.8. The van der Waals surface area contributed by atoms with Gasteiger partial charge in [0.25, 0.3) is 5.91 Å². The molecular weight excluding hydrogens is 456 g/mol. The first-order chi connectivity index (χ1) is 16.8. The second kappa shape index (κ2) is 10.4. The molecule has 5 nitrogen and oxygen atoms in total. The molecule has 0 bridgehead atoms. The molecule has 0 spiro atoms. The van der Waals surface area contributed by atoms with Crippen molar-refractivity contribution in [2.45, 2.75) is 38.4 Å². The molecule has 1 aliphatic rings. The van der Waals surface area contributed by atoms with E-state index in [2.05, 4.69) is 41.3 Å². The minimum absolute atomic E-state index is 0.0331. The molecule has 2 heterocycles. The molecule has 1 aliphatic heterocycles. The fourth-order valence-corrected chi connectivity index (χ4v) is 4.70. The van der Waals surface area contributed by atoms with Crippen LogP contribution in [-0.4, -0.2) is 27.7 Å². The Kier molecular flexibility index (Phi) is 7.27. The number of hydrogen-bond acceptors (Lipinski definition) is 4. The average Bonchev–Trinajstić information content (AvgIpc) is 3.11. The number of aromatic nitrogens is 1. The number of benzene rings is 2. The average molecular weight is 487 g/mol.